The molecule has 1 unspecified atom stereocenters. The number of rotatable bonds is 4. The first-order chi connectivity index (χ1) is 13.3. The zero-order valence-electron chi connectivity index (χ0n) is 14.9. The van der Waals surface area contributed by atoms with Crippen LogP contribution in [0.4, 0.5) is 13.2 Å². The van der Waals surface area contributed by atoms with Gasteiger partial charge in [0.2, 0.25) is 0 Å². The summed E-state index contributed by atoms with van der Waals surface area (Å²) in [7, 11) is 1.27. The van der Waals surface area contributed by atoms with E-state index in [1.165, 1.54) is 7.11 Å². The molecule has 0 aliphatic carbocycles. The van der Waals surface area contributed by atoms with E-state index in [1.807, 2.05) is 0 Å². The number of methoxy groups -OCH3 is 1. The zero-order chi connectivity index (χ0) is 20.3. The van der Waals surface area contributed by atoms with E-state index >= 15 is 0 Å². The molecule has 2 aromatic rings. The molecule has 28 heavy (non-hydrogen) atoms. The first-order valence-corrected chi connectivity index (χ1v) is 8.47. The molecule has 0 N–H and O–H groups in total. The summed E-state index contributed by atoms with van der Waals surface area (Å²) in [5.74, 6) is -2.37. The molecular weight excluding hydrogens is 377 g/mol. The van der Waals surface area contributed by atoms with Gasteiger partial charge in [-0.05, 0) is 29.7 Å². The summed E-state index contributed by atoms with van der Waals surface area (Å²) in [6.07, 6.45) is -5.97. The van der Waals surface area contributed by atoms with Crippen LogP contribution in [0.5, 0.6) is 5.75 Å². The monoisotopic (exact) mass is 394 g/mol. The number of fused-ring (bicyclic) bond motifs is 2. The average molecular weight is 394 g/mol. The van der Waals surface area contributed by atoms with E-state index in [9.17, 15) is 22.8 Å². The molecule has 0 spiro atoms. The maximum absolute atomic E-state index is 12.8. The molecule has 8 heteroatoms. The van der Waals surface area contributed by atoms with Crippen molar-refractivity contribution in [3.63, 3.8) is 0 Å². The van der Waals surface area contributed by atoms with Crippen LogP contribution in [0, 0.1) is 0 Å². The van der Waals surface area contributed by atoms with Crippen LogP contribution in [-0.4, -0.2) is 25.2 Å². The molecule has 1 atom stereocenters. The maximum Gasteiger partial charge on any atom is 0.490 e. The maximum atomic E-state index is 12.8. The molecule has 5 nitrogen and oxygen atoms in total. The Balaban J connectivity index is 2.01. The van der Waals surface area contributed by atoms with Crippen LogP contribution >= 0.6 is 0 Å². The third-order valence-corrected chi connectivity index (χ3v) is 4.38. The van der Waals surface area contributed by atoms with Gasteiger partial charge >= 0.3 is 18.1 Å². The van der Waals surface area contributed by atoms with Crippen molar-refractivity contribution >= 4 is 11.9 Å². The van der Waals surface area contributed by atoms with E-state index in [4.69, 9.17) is 9.47 Å². The number of hydrogen-bond acceptors (Lipinski definition) is 5. The van der Waals surface area contributed by atoms with Gasteiger partial charge in [-0.25, -0.2) is 4.79 Å². The van der Waals surface area contributed by atoms with Crippen molar-refractivity contribution in [1.29, 1.82) is 0 Å². The number of hydrogen-bond donors (Lipinski definition) is 0. The summed E-state index contributed by atoms with van der Waals surface area (Å²) >= 11 is 0. The highest BCUT2D eigenvalue weighted by Crippen LogP contribution is 2.40. The van der Waals surface area contributed by atoms with Crippen LogP contribution in [0.15, 0.2) is 42.5 Å². The molecule has 2 aromatic carbocycles. The molecule has 0 bridgehead atoms. The minimum Gasteiger partial charge on any atom is -0.488 e. The summed E-state index contributed by atoms with van der Waals surface area (Å²) in [5, 5.41) is 0. The Kier molecular flexibility index (Phi) is 5.58. The van der Waals surface area contributed by atoms with Gasteiger partial charge in [0.25, 0.3) is 0 Å². The predicted octanol–water partition coefficient (Wildman–Crippen LogP) is 3.88. The van der Waals surface area contributed by atoms with Crippen molar-refractivity contribution in [2.45, 2.75) is 31.7 Å². The molecule has 0 saturated heterocycles. The molecule has 0 saturated carbocycles. The number of esters is 2. The predicted molar refractivity (Wildman–Crippen MR) is 91.5 cm³/mol. The van der Waals surface area contributed by atoms with Gasteiger partial charge in [0.15, 0.2) is 6.10 Å². The first-order valence-electron chi connectivity index (χ1n) is 8.47. The minimum atomic E-state index is -5.12. The molecule has 1 aliphatic heterocycles. The van der Waals surface area contributed by atoms with Gasteiger partial charge in [0.1, 0.15) is 12.4 Å². The molecular formula is C20H17F3O5. The topological polar surface area (TPSA) is 61.8 Å². The highest BCUT2D eigenvalue weighted by Gasteiger charge is 2.43. The first kappa shape index (κ1) is 19.7. The number of benzene rings is 2. The third kappa shape index (κ3) is 4.27. The smallest absolute Gasteiger partial charge is 0.488 e. The van der Waals surface area contributed by atoms with Crippen LogP contribution in [-0.2, 0) is 32.1 Å². The fourth-order valence-electron chi connectivity index (χ4n) is 2.98. The Morgan fingerprint density at radius 1 is 1.14 bits per heavy atom. The lowest BCUT2D eigenvalue weighted by atomic mass is 9.95. The van der Waals surface area contributed by atoms with Crippen LogP contribution in [0.2, 0.25) is 0 Å². The highest BCUT2D eigenvalue weighted by atomic mass is 19.4. The van der Waals surface area contributed by atoms with E-state index < -0.39 is 24.2 Å². The van der Waals surface area contributed by atoms with E-state index in [2.05, 4.69) is 4.74 Å². The quantitative estimate of drug-likeness (QED) is 0.737. The molecule has 0 amide bonds. The highest BCUT2D eigenvalue weighted by molar-refractivity contribution is 5.76. The molecule has 0 fully saturated rings. The Labute approximate surface area is 159 Å². The molecule has 0 radical (unpaired) electrons. The summed E-state index contributed by atoms with van der Waals surface area (Å²) < 4.78 is 53.7. The molecule has 3 rings (SSSR count). The summed E-state index contributed by atoms with van der Waals surface area (Å²) in [5.41, 5.74) is 2.02. The van der Waals surface area contributed by atoms with Gasteiger partial charge < -0.3 is 14.2 Å². The number of halogens is 3. The van der Waals surface area contributed by atoms with Crippen molar-refractivity contribution in [3.05, 3.63) is 64.7 Å². The fourth-order valence-corrected chi connectivity index (χ4v) is 2.98. The average Bonchev–Trinajstić information content (AvgIpc) is 2.82. The SMILES string of the molecule is COC(=O)CCc1ccc2c(c1)C(OC(=O)C(F)(F)F)c1ccccc1CO2. The number of carbonyl (C=O) groups is 2. The Bertz CT molecular complexity index is 892. The lowest BCUT2D eigenvalue weighted by Crippen LogP contribution is -2.27. The van der Waals surface area contributed by atoms with E-state index in [-0.39, 0.29) is 13.0 Å². The molecule has 0 aromatic heterocycles. The van der Waals surface area contributed by atoms with Crippen molar-refractivity contribution in [3.8, 4) is 5.75 Å². The second-order valence-electron chi connectivity index (χ2n) is 6.22. The summed E-state index contributed by atoms with van der Waals surface area (Å²) in [6, 6.07) is 11.6. The Morgan fingerprint density at radius 2 is 1.89 bits per heavy atom. The fraction of sp³-hybridized carbons (Fsp3) is 0.300. The summed E-state index contributed by atoms with van der Waals surface area (Å²) in [4.78, 5) is 22.9. The van der Waals surface area contributed by atoms with Gasteiger partial charge in [-0.15, -0.1) is 0 Å². The number of ether oxygens (including phenoxy) is 3. The van der Waals surface area contributed by atoms with Crippen LogP contribution < -0.4 is 4.74 Å². The van der Waals surface area contributed by atoms with Gasteiger partial charge in [-0.2, -0.15) is 13.2 Å². The van der Waals surface area contributed by atoms with Crippen molar-refractivity contribution in [2.24, 2.45) is 0 Å². The Morgan fingerprint density at radius 3 is 2.61 bits per heavy atom. The number of aryl methyl sites for hydroxylation is 1. The van der Waals surface area contributed by atoms with Gasteiger partial charge in [-0.1, -0.05) is 30.3 Å². The van der Waals surface area contributed by atoms with Gasteiger partial charge in [0.05, 0.1) is 7.11 Å². The van der Waals surface area contributed by atoms with Crippen LogP contribution in [0.25, 0.3) is 0 Å². The van der Waals surface area contributed by atoms with E-state index in [0.717, 1.165) is 0 Å². The van der Waals surface area contributed by atoms with Crippen molar-refractivity contribution in [1.82, 2.24) is 0 Å². The third-order valence-electron chi connectivity index (χ3n) is 4.38. The number of carbonyl (C=O) groups excluding carboxylic acids is 2. The van der Waals surface area contributed by atoms with Gasteiger partial charge in [-0.3, -0.25) is 4.79 Å². The minimum absolute atomic E-state index is 0.111. The van der Waals surface area contributed by atoms with Gasteiger partial charge in [0, 0.05) is 17.5 Å². The second kappa shape index (κ2) is 7.92. The van der Waals surface area contributed by atoms with Crippen molar-refractivity contribution < 1.29 is 37.0 Å². The molecule has 148 valence electrons. The largest absolute Gasteiger partial charge is 0.490 e. The molecule has 1 aliphatic rings. The number of alkyl halides is 3. The van der Waals surface area contributed by atoms with Crippen molar-refractivity contribution in [2.75, 3.05) is 7.11 Å². The lowest BCUT2D eigenvalue weighted by Gasteiger charge is -2.21. The van der Waals surface area contributed by atoms with E-state index in [0.29, 0.717) is 34.4 Å². The zero-order valence-corrected chi connectivity index (χ0v) is 14.9. The standard InChI is InChI=1S/C20H17F3O5/c1-26-17(24)9-7-12-6-8-16-15(10-12)18(28-19(25)20(21,22)23)14-5-3-2-4-13(14)11-27-16/h2-6,8,10,18H,7,9,11H2,1H3. The summed E-state index contributed by atoms with van der Waals surface area (Å²) in [6.45, 7) is 0.130. The Hall–Kier alpha value is -3.03. The lowest BCUT2D eigenvalue weighted by molar-refractivity contribution is -0.203. The van der Waals surface area contributed by atoms with E-state index in [1.54, 1.807) is 42.5 Å². The normalized spacial score (nSPS) is 15.5. The molecule has 1 heterocycles. The van der Waals surface area contributed by atoms with Crippen LogP contribution in [0.1, 0.15) is 34.8 Å². The second-order valence-corrected chi connectivity index (χ2v) is 6.22. The van der Waals surface area contributed by atoms with Crippen LogP contribution in [0.3, 0.4) is 0 Å².